The van der Waals surface area contributed by atoms with Gasteiger partial charge in [-0.3, -0.25) is 4.79 Å². The molecule has 1 saturated heterocycles. The molecule has 1 heterocycles. The molecule has 1 fully saturated rings. The first-order chi connectivity index (χ1) is 6.20. The molecule has 0 aromatic carbocycles. The highest BCUT2D eigenvalue weighted by Crippen LogP contribution is 2.52. The number of carbonyl (C=O) groups is 1. The Hall–Kier alpha value is 1.42. The molecule has 0 aliphatic carbocycles. The lowest BCUT2D eigenvalue weighted by atomic mass is 10.2. The fourth-order valence-corrected chi connectivity index (χ4v) is 5.70. The molecule has 0 spiro atoms. The Balaban J connectivity index is 2.82. The summed E-state index contributed by atoms with van der Waals surface area (Å²) in [4.78, 5) is 11.4. The minimum atomic E-state index is -1.73. The van der Waals surface area contributed by atoms with E-state index in [9.17, 15) is 4.79 Å². The van der Waals surface area contributed by atoms with E-state index in [2.05, 4.69) is 60.9 Å². The van der Waals surface area contributed by atoms with Crippen molar-refractivity contribution >= 4 is 73.4 Å². The maximum atomic E-state index is 11.4. The molecule has 1 rings (SSSR count). The van der Waals surface area contributed by atoms with Gasteiger partial charge in [0.2, 0.25) is 0 Å². The second kappa shape index (κ2) is 4.35. The Labute approximate surface area is 114 Å². The van der Waals surface area contributed by atoms with Crippen molar-refractivity contribution in [1.29, 1.82) is 0 Å². The van der Waals surface area contributed by atoms with Crippen LogP contribution < -0.4 is 0 Å². The predicted octanol–water partition coefficient (Wildman–Crippen LogP) is 3.61. The van der Waals surface area contributed by atoms with Crippen molar-refractivity contribution in [2.75, 3.05) is 5.50 Å². The fourth-order valence-electron chi connectivity index (χ4n) is 1.39. The van der Waals surface area contributed by atoms with Crippen molar-refractivity contribution in [1.82, 2.24) is 0 Å². The molecule has 0 saturated carbocycles. The largest absolute Gasteiger partial charge is 0.458 e. The molecule has 1 aliphatic heterocycles. The summed E-state index contributed by atoms with van der Waals surface area (Å²) in [6.07, 6.45) is -0.185. The molecular weight excluding hydrogens is 419 g/mol. The molecule has 2 atom stereocenters. The van der Waals surface area contributed by atoms with E-state index in [1.807, 2.05) is 0 Å². The molecule has 0 aromatic rings. The molecule has 0 amide bonds. The Morgan fingerprint density at radius 1 is 1.50 bits per heavy atom. The first kappa shape index (κ1) is 13.5. The zero-order valence-corrected chi connectivity index (χ0v) is 14.2. The smallest absolute Gasteiger partial charge is 0.310 e. The topological polar surface area (TPSA) is 26.3 Å². The summed E-state index contributed by atoms with van der Waals surface area (Å²) >= 11 is 16.0. The summed E-state index contributed by atoms with van der Waals surface area (Å²) in [6, 6.07) is 0. The minimum Gasteiger partial charge on any atom is -0.458 e. The van der Waals surface area contributed by atoms with Crippen LogP contribution in [0.4, 0.5) is 0 Å². The van der Waals surface area contributed by atoms with Gasteiger partial charge in [-0.05, 0) is 0 Å². The Morgan fingerprint density at radius 3 is 2.29 bits per heavy atom. The van der Waals surface area contributed by atoms with Crippen molar-refractivity contribution in [2.45, 2.75) is 26.9 Å². The lowest BCUT2D eigenvalue weighted by Crippen LogP contribution is -2.59. The van der Waals surface area contributed by atoms with Crippen molar-refractivity contribution in [3.05, 3.63) is 0 Å². The number of ether oxygens (including phenoxy) is 1. The van der Waals surface area contributed by atoms with Gasteiger partial charge in [0, 0.05) is 5.50 Å². The Kier molecular flexibility index (Phi) is 4.19. The van der Waals surface area contributed by atoms with Gasteiger partial charge in [-0.2, -0.15) is 0 Å². The number of alkyl halides is 4. The van der Waals surface area contributed by atoms with Crippen molar-refractivity contribution in [3.63, 3.8) is 0 Å². The lowest BCUT2D eigenvalue weighted by Gasteiger charge is -2.46. The summed E-state index contributed by atoms with van der Waals surface area (Å²) in [5, 5.41) is 0. The summed E-state index contributed by atoms with van der Waals surface area (Å²) in [5.74, 6) is -0.130. The van der Waals surface area contributed by atoms with Gasteiger partial charge >= 0.3 is 5.97 Å². The standard InChI is InChI=1S/C7H10Br3ClO2Si/c1-14(2,3-11)4-5(7(8,9)10)13-6(4)12/h4-5H,3H2,1-2H3/t4-,5-/m1/s1. The molecule has 7 heteroatoms. The number of hydrogen-bond acceptors (Lipinski definition) is 2. The third kappa shape index (κ3) is 2.56. The van der Waals surface area contributed by atoms with Gasteiger partial charge in [-0.1, -0.05) is 60.9 Å². The lowest BCUT2D eigenvalue weighted by molar-refractivity contribution is -0.168. The van der Waals surface area contributed by atoms with Crippen LogP contribution in [0.25, 0.3) is 0 Å². The van der Waals surface area contributed by atoms with Gasteiger partial charge < -0.3 is 4.74 Å². The zero-order valence-electron chi connectivity index (χ0n) is 7.69. The highest BCUT2D eigenvalue weighted by atomic mass is 80.0. The number of carbonyl (C=O) groups excluding carboxylic acids is 1. The van der Waals surface area contributed by atoms with Crippen LogP contribution in [0.2, 0.25) is 18.6 Å². The summed E-state index contributed by atoms with van der Waals surface area (Å²) in [5.41, 5.74) is 0.505. The van der Waals surface area contributed by atoms with Crippen LogP contribution in [0.5, 0.6) is 0 Å². The maximum Gasteiger partial charge on any atom is 0.310 e. The summed E-state index contributed by atoms with van der Waals surface area (Å²) < 4.78 is 4.57. The highest BCUT2D eigenvalue weighted by Gasteiger charge is 2.58. The monoisotopic (exact) mass is 426 g/mol. The van der Waals surface area contributed by atoms with Crippen LogP contribution in [-0.2, 0) is 9.53 Å². The summed E-state index contributed by atoms with van der Waals surface area (Å²) in [7, 11) is -1.73. The van der Waals surface area contributed by atoms with Gasteiger partial charge in [-0.25, -0.2) is 0 Å². The van der Waals surface area contributed by atoms with Crippen LogP contribution in [0, 0.1) is 0 Å². The second-order valence-corrected chi connectivity index (χ2v) is 16.6. The SMILES string of the molecule is C[Si](C)(CCl)[C@H]1C(=O)O[C@H]1C(Br)(Br)Br. The van der Waals surface area contributed by atoms with Crippen LogP contribution in [0.3, 0.4) is 0 Å². The molecule has 0 unspecified atom stereocenters. The molecular formula is C7H10Br3ClO2Si. The van der Waals surface area contributed by atoms with Gasteiger partial charge in [0.25, 0.3) is 0 Å². The molecule has 0 bridgehead atoms. The van der Waals surface area contributed by atoms with Gasteiger partial charge in [0.1, 0.15) is 6.10 Å². The van der Waals surface area contributed by atoms with Crippen LogP contribution in [0.15, 0.2) is 0 Å². The van der Waals surface area contributed by atoms with Crippen molar-refractivity contribution < 1.29 is 9.53 Å². The van der Waals surface area contributed by atoms with Gasteiger partial charge in [0.15, 0.2) is 2.14 Å². The second-order valence-electron chi connectivity index (χ2n) is 4.00. The van der Waals surface area contributed by atoms with Crippen LogP contribution >= 0.6 is 59.4 Å². The van der Waals surface area contributed by atoms with E-state index >= 15 is 0 Å². The number of cyclic esters (lactones) is 1. The summed E-state index contributed by atoms with van der Waals surface area (Å²) in [6.45, 7) is 4.19. The van der Waals surface area contributed by atoms with E-state index < -0.39 is 10.2 Å². The van der Waals surface area contributed by atoms with E-state index in [4.69, 9.17) is 16.3 Å². The van der Waals surface area contributed by atoms with Gasteiger partial charge in [-0.15, -0.1) is 11.6 Å². The molecule has 0 radical (unpaired) electrons. The predicted molar refractivity (Wildman–Crippen MR) is 71.3 cm³/mol. The molecule has 0 aromatic heterocycles. The van der Waals surface area contributed by atoms with Crippen LogP contribution in [0.1, 0.15) is 0 Å². The Morgan fingerprint density at radius 2 is 2.00 bits per heavy atom. The van der Waals surface area contributed by atoms with E-state index in [-0.39, 0.29) is 17.6 Å². The molecule has 0 N–H and O–H groups in total. The van der Waals surface area contributed by atoms with E-state index in [1.165, 1.54) is 0 Å². The van der Waals surface area contributed by atoms with E-state index in [0.717, 1.165) is 0 Å². The molecule has 14 heavy (non-hydrogen) atoms. The van der Waals surface area contributed by atoms with Gasteiger partial charge in [0.05, 0.1) is 13.6 Å². The normalized spacial score (nSPS) is 28.3. The van der Waals surface area contributed by atoms with Crippen LogP contribution in [-0.4, -0.2) is 27.8 Å². The number of hydrogen-bond donors (Lipinski definition) is 0. The fraction of sp³-hybridized carbons (Fsp3) is 0.857. The van der Waals surface area contributed by atoms with Crippen molar-refractivity contribution in [2.24, 2.45) is 0 Å². The molecule has 2 nitrogen and oxygen atoms in total. The quantitative estimate of drug-likeness (QED) is 0.381. The average molecular weight is 429 g/mol. The number of halogens is 4. The minimum absolute atomic E-state index is 0.0573. The zero-order chi connectivity index (χ0) is 11.1. The van der Waals surface area contributed by atoms with Crippen molar-refractivity contribution in [3.8, 4) is 0 Å². The van der Waals surface area contributed by atoms with E-state index in [1.54, 1.807) is 0 Å². The Bertz CT molecular complexity index is 254. The molecule has 1 aliphatic rings. The molecule has 82 valence electrons. The highest BCUT2D eigenvalue weighted by molar-refractivity contribution is 9.39. The van der Waals surface area contributed by atoms with E-state index in [0.29, 0.717) is 5.50 Å². The average Bonchev–Trinajstić information content (AvgIpc) is 1.97. The number of esters is 1. The third-order valence-corrected chi connectivity index (χ3v) is 8.64. The number of rotatable bonds is 2. The third-order valence-electron chi connectivity index (χ3n) is 2.31. The maximum absolute atomic E-state index is 11.4. The first-order valence-corrected chi connectivity index (χ1v) is 10.2. The first-order valence-electron chi connectivity index (χ1n) is 4.03.